The van der Waals surface area contributed by atoms with Crippen LogP contribution in [-0.2, 0) is 39.3 Å². The van der Waals surface area contributed by atoms with E-state index >= 15 is 0 Å². The number of hydrogen-bond acceptors (Lipinski definition) is 4. The molecule has 0 saturated heterocycles. The summed E-state index contributed by atoms with van der Waals surface area (Å²) in [5.74, 6) is 0. The average Bonchev–Trinajstić information content (AvgIpc) is 1.92. The molecule has 0 heterocycles. The van der Waals surface area contributed by atoms with Gasteiger partial charge in [0.05, 0.1) is 0 Å². The van der Waals surface area contributed by atoms with E-state index in [4.69, 9.17) is 39.6 Å². The monoisotopic (exact) mass is 373 g/mol. The van der Waals surface area contributed by atoms with Gasteiger partial charge in [-0.05, 0) is 0 Å². The standard InChI is InChI=1S/4CHO2.Ir/c4*2-1-3;/h4*(H,2,3);/q4*-1;. The van der Waals surface area contributed by atoms with Crippen LogP contribution in [0.4, 0.5) is 0 Å². The van der Waals surface area contributed by atoms with Gasteiger partial charge in [-0.25, -0.2) is 0 Å². The molecule has 0 rings (SSSR count). The Bertz CT molecular complexity index is 70.1. The van der Waals surface area contributed by atoms with Crippen molar-refractivity contribution in [1.29, 1.82) is 0 Å². The molecule has 0 aliphatic rings. The topological polar surface area (TPSA) is 149 Å². The van der Waals surface area contributed by atoms with Crippen LogP contribution in [0.3, 0.4) is 0 Å². The molecule has 0 fully saturated rings. The molecule has 4 N–H and O–H groups in total. The van der Waals surface area contributed by atoms with Crippen molar-refractivity contribution in [3.63, 3.8) is 0 Å². The molecule has 9 heteroatoms. The summed E-state index contributed by atoms with van der Waals surface area (Å²) in [6.45, 7) is 2.00. The zero-order valence-electron chi connectivity index (χ0n) is 5.76. The van der Waals surface area contributed by atoms with Crippen molar-refractivity contribution in [2.75, 3.05) is 0 Å². The zero-order valence-corrected chi connectivity index (χ0v) is 8.15. The number of rotatable bonds is 0. The van der Waals surface area contributed by atoms with E-state index < -0.39 is 0 Å². The largest absolute Gasteiger partial charge is 0.665 e. The predicted molar refractivity (Wildman–Crippen MR) is 33.3 cm³/mol. The normalized spacial score (nSPS) is 3.69. The van der Waals surface area contributed by atoms with Gasteiger partial charge in [-0.3, -0.25) is 0 Å². The third kappa shape index (κ3) is 354. The van der Waals surface area contributed by atoms with Gasteiger partial charge < -0.3 is 39.6 Å². The van der Waals surface area contributed by atoms with Crippen LogP contribution in [0.2, 0.25) is 0 Å². The van der Waals surface area contributed by atoms with Crippen LogP contribution in [0.15, 0.2) is 0 Å². The summed E-state index contributed by atoms with van der Waals surface area (Å²) in [4.78, 5) is 32.9. The molecular formula is C4H4IrO8-4. The molecule has 0 spiro atoms. The van der Waals surface area contributed by atoms with E-state index in [0.717, 1.165) is 0 Å². The Balaban J connectivity index is -0.0000000213. The molecular weight excluding hydrogens is 368 g/mol. The summed E-state index contributed by atoms with van der Waals surface area (Å²) in [5.41, 5.74) is 0. The molecule has 0 amide bonds. The third-order valence-electron chi connectivity index (χ3n) is 0. The van der Waals surface area contributed by atoms with Gasteiger partial charge in [-0.15, -0.1) is 0 Å². The molecule has 0 bridgehead atoms. The van der Waals surface area contributed by atoms with Crippen molar-refractivity contribution in [2.24, 2.45) is 0 Å². The summed E-state index contributed by atoms with van der Waals surface area (Å²) >= 11 is 0. The van der Waals surface area contributed by atoms with E-state index in [-0.39, 0.29) is 20.1 Å². The van der Waals surface area contributed by atoms with Crippen LogP contribution in [0.25, 0.3) is 0 Å². The maximum absolute atomic E-state index is 8.24. The molecule has 1 radical (unpaired) electrons. The molecule has 8 nitrogen and oxygen atoms in total. The smallest absolute Gasteiger partial charge is 0 e. The maximum atomic E-state index is 8.24. The molecule has 81 valence electrons. The summed E-state index contributed by atoms with van der Waals surface area (Å²) in [7, 11) is 0. The molecule has 0 aromatic rings. The van der Waals surface area contributed by atoms with Gasteiger partial charge in [-0.2, -0.15) is 0 Å². The molecule has 0 unspecified atom stereocenters. The van der Waals surface area contributed by atoms with Crippen LogP contribution in [-0.4, -0.2) is 46.3 Å². The Morgan fingerprint density at radius 1 is 0.538 bits per heavy atom. The second kappa shape index (κ2) is 149. The van der Waals surface area contributed by atoms with Crippen LogP contribution < -0.4 is 0 Å². The fourth-order valence-corrected chi connectivity index (χ4v) is 0. The van der Waals surface area contributed by atoms with Crippen molar-refractivity contribution in [1.82, 2.24) is 0 Å². The van der Waals surface area contributed by atoms with E-state index in [1.54, 1.807) is 0 Å². The molecule has 13 heavy (non-hydrogen) atoms. The van der Waals surface area contributed by atoms with Gasteiger partial charge in [0.1, 0.15) is 0 Å². The Labute approximate surface area is 86.2 Å². The molecule has 0 aliphatic heterocycles. The SMILES string of the molecule is O=[C-]O.O=[C-]O.O=[C-]O.O=[C-]O.[Ir]. The first-order valence-corrected chi connectivity index (χ1v) is 1.71. The second-order valence-corrected chi connectivity index (χ2v) is 0.365. The van der Waals surface area contributed by atoms with Crippen molar-refractivity contribution < 1.29 is 59.7 Å². The quantitative estimate of drug-likeness (QED) is 0.373. The van der Waals surface area contributed by atoms with Crippen molar-refractivity contribution >= 4 is 25.9 Å². The molecule has 0 aromatic heterocycles. The fraction of sp³-hybridized carbons (Fsp3) is 0. The predicted octanol–water partition coefficient (Wildman–Crippen LogP) is -1.56. The Kier molecular flexibility index (Phi) is 345. The van der Waals surface area contributed by atoms with Crippen LogP contribution in [0.5, 0.6) is 0 Å². The Hall–Kier alpha value is -1.47. The first kappa shape index (κ1) is 30.0. The minimum Gasteiger partial charge on any atom is -0.665 e. The van der Waals surface area contributed by atoms with Gasteiger partial charge in [-0.1, -0.05) is 25.9 Å². The summed E-state index contributed by atoms with van der Waals surface area (Å²) in [5, 5.41) is 27.1. The van der Waals surface area contributed by atoms with E-state index in [1.807, 2.05) is 0 Å². The third-order valence-corrected chi connectivity index (χ3v) is 0. The second-order valence-electron chi connectivity index (χ2n) is 0.365. The summed E-state index contributed by atoms with van der Waals surface area (Å²) < 4.78 is 0. The average molecular weight is 372 g/mol. The van der Waals surface area contributed by atoms with Gasteiger partial charge in [0, 0.05) is 20.1 Å². The van der Waals surface area contributed by atoms with E-state index in [9.17, 15) is 0 Å². The van der Waals surface area contributed by atoms with E-state index in [1.165, 1.54) is 0 Å². The Morgan fingerprint density at radius 3 is 0.538 bits per heavy atom. The number of aliphatic hydroxyl groups excluding tert-OH is 4. The molecule has 0 aliphatic carbocycles. The van der Waals surface area contributed by atoms with E-state index in [2.05, 4.69) is 0 Å². The van der Waals surface area contributed by atoms with Crippen molar-refractivity contribution in [3.05, 3.63) is 0 Å². The van der Waals surface area contributed by atoms with Crippen LogP contribution >= 0.6 is 0 Å². The minimum atomic E-state index is 0. The van der Waals surface area contributed by atoms with Crippen LogP contribution in [0.1, 0.15) is 0 Å². The van der Waals surface area contributed by atoms with Gasteiger partial charge in [0.25, 0.3) is 0 Å². The van der Waals surface area contributed by atoms with Crippen molar-refractivity contribution in [3.8, 4) is 0 Å². The first-order valence-electron chi connectivity index (χ1n) is 1.71. The summed E-state index contributed by atoms with van der Waals surface area (Å²) in [6.07, 6.45) is 0. The first-order chi connectivity index (χ1) is 5.66. The maximum Gasteiger partial charge on any atom is 0 e. The molecule has 0 atom stereocenters. The molecule has 0 saturated carbocycles. The Morgan fingerprint density at radius 2 is 0.538 bits per heavy atom. The van der Waals surface area contributed by atoms with Gasteiger partial charge in [0.15, 0.2) is 0 Å². The fourth-order valence-electron chi connectivity index (χ4n) is 0. The van der Waals surface area contributed by atoms with Gasteiger partial charge >= 0.3 is 0 Å². The van der Waals surface area contributed by atoms with E-state index in [0.29, 0.717) is 25.9 Å². The number of hydrogen-bond donors (Lipinski definition) is 4. The summed E-state index contributed by atoms with van der Waals surface area (Å²) in [6, 6.07) is 0. The van der Waals surface area contributed by atoms with Gasteiger partial charge in [0.2, 0.25) is 0 Å². The zero-order chi connectivity index (χ0) is 10.8. The molecule has 0 aromatic carbocycles. The minimum absolute atomic E-state index is 0. The van der Waals surface area contributed by atoms with Crippen molar-refractivity contribution in [2.45, 2.75) is 0 Å². The van der Waals surface area contributed by atoms with Crippen LogP contribution in [0, 0.1) is 0 Å².